The third kappa shape index (κ3) is 4.97. The summed E-state index contributed by atoms with van der Waals surface area (Å²) in [6.07, 6.45) is -0.137. The van der Waals surface area contributed by atoms with Gasteiger partial charge in [0, 0.05) is 18.7 Å². The van der Waals surface area contributed by atoms with Crippen LogP contribution in [-0.2, 0) is 9.53 Å². The first kappa shape index (κ1) is 20.2. The summed E-state index contributed by atoms with van der Waals surface area (Å²) in [6, 6.07) is 12.9. The number of ether oxygens (including phenoxy) is 2. The molecule has 2 aromatic rings. The van der Waals surface area contributed by atoms with Crippen LogP contribution in [0.4, 0.5) is 0 Å². The molecule has 2 atom stereocenters. The number of amides is 1. The third-order valence-electron chi connectivity index (χ3n) is 4.32. The van der Waals surface area contributed by atoms with Crippen molar-refractivity contribution in [3.63, 3.8) is 0 Å². The number of methoxy groups -OCH3 is 2. The van der Waals surface area contributed by atoms with Gasteiger partial charge >= 0.3 is 0 Å². The minimum Gasteiger partial charge on any atom is -0.497 e. The highest BCUT2D eigenvalue weighted by atomic mass is 35.5. The molecule has 0 heterocycles. The maximum Gasteiger partial charge on any atom is 0.223 e. The standard InChI is InChI=1S/C20H25ClN2O3/c1-13-10-14(25-2)8-9-16(13)20(17-6-4-5-7-18(17)21)23-19(24)11-15(12-22)26-3/h4-10,15,20H,11-12,22H2,1-3H3,(H,23,24). The van der Waals surface area contributed by atoms with E-state index in [0.29, 0.717) is 5.02 Å². The van der Waals surface area contributed by atoms with E-state index in [0.717, 1.165) is 22.4 Å². The van der Waals surface area contributed by atoms with Gasteiger partial charge in [-0.2, -0.15) is 0 Å². The van der Waals surface area contributed by atoms with Crippen molar-refractivity contribution in [1.82, 2.24) is 5.32 Å². The van der Waals surface area contributed by atoms with E-state index in [1.54, 1.807) is 14.2 Å². The van der Waals surface area contributed by atoms with E-state index in [9.17, 15) is 4.79 Å². The Morgan fingerprint density at radius 1 is 1.19 bits per heavy atom. The number of rotatable bonds is 8. The van der Waals surface area contributed by atoms with Gasteiger partial charge in [0.1, 0.15) is 5.75 Å². The van der Waals surface area contributed by atoms with Gasteiger partial charge in [-0.25, -0.2) is 0 Å². The lowest BCUT2D eigenvalue weighted by Crippen LogP contribution is -2.35. The predicted octanol–water partition coefficient (Wildman–Crippen LogP) is 3.23. The van der Waals surface area contributed by atoms with Crippen LogP contribution in [0.2, 0.25) is 5.02 Å². The van der Waals surface area contributed by atoms with Crippen molar-refractivity contribution in [3.05, 3.63) is 64.2 Å². The number of hydrogen-bond donors (Lipinski definition) is 2. The molecule has 3 N–H and O–H groups in total. The molecule has 2 aromatic carbocycles. The molecule has 0 spiro atoms. The van der Waals surface area contributed by atoms with Gasteiger partial charge in [0.2, 0.25) is 5.91 Å². The normalized spacial score (nSPS) is 13.1. The number of carbonyl (C=O) groups is 1. The molecule has 0 aliphatic rings. The van der Waals surface area contributed by atoms with Gasteiger partial charge in [-0.1, -0.05) is 35.9 Å². The number of carbonyl (C=O) groups excluding carboxylic acids is 1. The zero-order chi connectivity index (χ0) is 19.1. The van der Waals surface area contributed by atoms with Gasteiger partial charge in [0.25, 0.3) is 0 Å². The van der Waals surface area contributed by atoms with E-state index in [-0.39, 0.29) is 31.0 Å². The number of nitrogens with two attached hydrogens (primary N) is 1. The number of aryl methyl sites for hydroxylation is 1. The third-order valence-corrected chi connectivity index (χ3v) is 4.66. The van der Waals surface area contributed by atoms with E-state index in [1.807, 2.05) is 49.4 Å². The van der Waals surface area contributed by atoms with Gasteiger partial charge < -0.3 is 20.5 Å². The summed E-state index contributed by atoms with van der Waals surface area (Å²) in [5, 5.41) is 3.66. The van der Waals surface area contributed by atoms with Crippen LogP contribution in [0, 0.1) is 6.92 Å². The van der Waals surface area contributed by atoms with E-state index in [1.165, 1.54) is 0 Å². The summed E-state index contributed by atoms with van der Waals surface area (Å²) >= 11 is 6.40. The summed E-state index contributed by atoms with van der Waals surface area (Å²) in [5.74, 6) is 0.612. The molecule has 6 heteroatoms. The van der Waals surface area contributed by atoms with Crippen LogP contribution in [0.5, 0.6) is 5.75 Å². The van der Waals surface area contributed by atoms with Gasteiger partial charge in [0.15, 0.2) is 0 Å². The first-order valence-corrected chi connectivity index (χ1v) is 8.79. The Balaban J connectivity index is 2.37. The molecular formula is C20H25ClN2O3. The Kier molecular flexibility index (Phi) is 7.45. The molecule has 0 saturated carbocycles. The Hall–Kier alpha value is -2.08. The van der Waals surface area contributed by atoms with E-state index in [4.69, 9.17) is 26.8 Å². The fourth-order valence-corrected chi connectivity index (χ4v) is 3.07. The predicted molar refractivity (Wildman–Crippen MR) is 104 cm³/mol. The molecule has 2 rings (SSSR count). The van der Waals surface area contributed by atoms with Crippen LogP contribution < -0.4 is 15.8 Å². The number of hydrogen-bond acceptors (Lipinski definition) is 4. The fraction of sp³-hybridized carbons (Fsp3) is 0.350. The lowest BCUT2D eigenvalue weighted by Gasteiger charge is -2.24. The number of benzene rings is 2. The number of nitrogens with one attached hydrogen (secondary N) is 1. The monoisotopic (exact) mass is 376 g/mol. The van der Waals surface area contributed by atoms with Crippen LogP contribution in [0.1, 0.15) is 29.2 Å². The van der Waals surface area contributed by atoms with Crippen molar-refractivity contribution >= 4 is 17.5 Å². The Labute approximate surface area is 159 Å². The second-order valence-corrected chi connectivity index (χ2v) is 6.45. The molecule has 0 aliphatic carbocycles. The average Bonchev–Trinajstić information content (AvgIpc) is 2.65. The second-order valence-electron chi connectivity index (χ2n) is 6.04. The molecule has 0 bridgehead atoms. The average molecular weight is 377 g/mol. The molecule has 140 valence electrons. The fourth-order valence-electron chi connectivity index (χ4n) is 2.82. The van der Waals surface area contributed by atoms with Crippen molar-refractivity contribution < 1.29 is 14.3 Å². The summed E-state index contributed by atoms with van der Waals surface area (Å²) in [6.45, 7) is 2.26. The van der Waals surface area contributed by atoms with E-state index >= 15 is 0 Å². The minimum absolute atomic E-state index is 0.151. The van der Waals surface area contributed by atoms with Crippen molar-refractivity contribution in [3.8, 4) is 5.75 Å². The van der Waals surface area contributed by atoms with Crippen molar-refractivity contribution in [1.29, 1.82) is 0 Å². The maximum absolute atomic E-state index is 12.6. The number of halogens is 1. The van der Waals surface area contributed by atoms with Gasteiger partial charge in [-0.05, 0) is 41.8 Å². The molecule has 0 radical (unpaired) electrons. The molecule has 0 aliphatic heterocycles. The highest BCUT2D eigenvalue weighted by molar-refractivity contribution is 6.31. The minimum atomic E-state index is -0.377. The highest BCUT2D eigenvalue weighted by Crippen LogP contribution is 2.31. The lowest BCUT2D eigenvalue weighted by atomic mass is 9.94. The summed E-state index contributed by atoms with van der Waals surface area (Å²) in [7, 11) is 3.17. The molecule has 5 nitrogen and oxygen atoms in total. The Bertz CT molecular complexity index is 748. The second kappa shape index (κ2) is 9.57. The summed E-state index contributed by atoms with van der Waals surface area (Å²) < 4.78 is 10.5. The molecular weight excluding hydrogens is 352 g/mol. The van der Waals surface area contributed by atoms with Crippen molar-refractivity contribution in [2.24, 2.45) is 5.73 Å². The Morgan fingerprint density at radius 3 is 2.50 bits per heavy atom. The van der Waals surface area contributed by atoms with Crippen LogP contribution in [0.3, 0.4) is 0 Å². The molecule has 26 heavy (non-hydrogen) atoms. The van der Waals surface area contributed by atoms with E-state index < -0.39 is 0 Å². The zero-order valence-corrected chi connectivity index (χ0v) is 16.0. The molecule has 0 saturated heterocycles. The molecule has 1 amide bonds. The summed E-state index contributed by atoms with van der Waals surface area (Å²) in [4.78, 5) is 12.6. The highest BCUT2D eigenvalue weighted by Gasteiger charge is 2.22. The lowest BCUT2D eigenvalue weighted by molar-refractivity contribution is -0.123. The van der Waals surface area contributed by atoms with Crippen LogP contribution in [0.25, 0.3) is 0 Å². The molecule has 0 fully saturated rings. The van der Waals surface area contributed by atoms with Gasteiger partial charge in [-0.3, -0.25) is 4.79 Å². The molecule has 0 aromatic heterocycles. The van der Waals surface area contributed by atoms with Crippen LogP contribution >= 0.6 is 11.6 Å². The van der Waals surface area contributed by atoms with Gasteiger partial charge in [0.05, 0.1) is 25.7 Å². The zero-order valence-electron chi connectivity index (χ0n) is 15.3. The first-order valence-electron chi connectivity index (χ1n) is 8.41. The maximum atomic E-state index is 12.6. The van der Waals surface area contributed by atoms with Crippen LogP contribution in [0.15, 0.2) is 42.5 Å². The quantitative estimate of drug-likeness (QED) is 0.741. The van der Waals surface area contributed by atoms with Gasteiger partial charge in [-0.15, -0.1) is 0 Å². The largest absolute Gasteiger partial charge is 0.497 e. The topological polar surface area (TPSA) is 73.6 Å². The smallest absolute Gasteiger partial charge is 0.223 e. The van der Waals surface area contributed by atoms with Crippen molar-refractivity contribution in [2.75, 3.05) is 20.8 Å². The van der Waals surface area contributed by atoms with Crippen LogP contribution in [-0.4, -0.2) is 32.8 Å². The summed E-state index contributed by atoms with van der Waals surface area (Å²) in [5.41, 5.74) is 8.41. The SMILES string of the molecule is COc1ccc(C(NC(=O)CC(CN)OC)c2ccccc2Cl)c(C)c1. The first-order chi connectivity index (χ1) is 12.5. The Morgan fingerprint density at radius 2 is 1.92 bits per heavy atom. The molecule has 2 unspecified atom stereocenters. The van der Waals surface area contributed by atoms with E-state index in [2.05, 4.69) is 5.32 Å². The van der Waals surface area contributed by atoms with Crippen molar-refractivity contribution in [2.45, 2.75) is 25.5 Å².